The molecule has 9 aliphatic heterocycles. The predicted octanol–water partition coefficient (Wildman–Crippen LogP) is 5.24. The average molecular weight is 1600 g/mol. The van der Waals surface area contributed by atoms with Gasteiger partial charge in [-0.2, -0.15) is 0 Å². The molecule has 36 heteroatoms. The Bertz CT molecular complexity index is 3090. The number of carbonyl (C=O) groups excluding carboxylic acids is 10. The average Bonchev–Trinajstić information content (AvgIpc) is 1.68. The van der Waals surface area contributed by atoms with E-state index in [2.05, 4.69) is 39.5 Å². The molecule has 0 amide bonds. The predicted molar refractivity (Wildman–Crippen MR) is 384 cm³/mol. The zero-order valence-electron chi connectivity index (χ0n) is 66.8. The summed E-state index contributed by atoms with van der Waals surface area (Å²) in [6.07, 6.45) is -6.92. The largest absolute Gasteiger partial charge is 0.463 e. The lowest BCUT2D eigenvalue weighted by Crippen LogP contribution is -2.44. The van der Waals surface area contributed by atoms with Crippen LogP contribution in [0, 0.1) is 5.92 Å². The highest BCUT2D eigenvalue weighted by molar-refractivity contribution is 5.92. The highest BCUT2D eigenvalue weighted by atomic mass is 16.8. The van der Waals surface area contributed by atoms with E-state index in [9.17, 15) is 47.9 Å². The van der Waals surface area contributed by atoms with Crippen molar-refractivity contribution in [1.29, 1.82) is 0 Å². The quantitative estimate of drug-likeness (QED) is 0.0486. The SMILES string of the molecule is C=C(C)C(=O)OC(C1COC(C)O1)C1COC(C)O1.C=C(C)C(=O)OCC(=O)C(C1COC(C)O1)C1COC(C)O1.C=C(C)C(=O)OCC(=O)CC1COC(C)O1.C=C(C)C(=O)OCC1COC(C)O1.C=C(C)C(=O)OCCC(=O)OC(C1COC(C)O1)C1COC(C)O1.C=C(C)C(=O)OCCC(=O)OCC1COC(C)O1. The van der Waals surface area contributed by atoms with Gasteiger partial charge in [-0.3, -0.25) is 19.2 Å². The van der Waals surface area contributed by atoms with Crippen molar-refractivity contribution in [2.75, 3.05) is 99.1 Å². The maximum Gasteiger partial charge on any atom is 0.333 e. The van der Waals surface area contributed by atoms with E-state index in [0.717, 1.165) is 0 Å². The minimum atomic E-state index is -0.649. The topological polar surface area (TPSA) is 411 Å². The number of Topliss-reactive ketones (excluding diaryl/α,β-unsaturated/α-hetero) is 2. The van der Waals surface area contributed by atoms with E-state index < -0.39 is 84.3 Å². The third kappa shape index (κ3) is 37.0. The Morgan fingerprint density at radius 2 is 0.580 bits per heavy atom. The molecule has 0 aromatic carbocycles. The molecular weight excluding hydrogens is 1490 g/mol. The van der Waals surface area contributed by atoms with Crippen molar-refractivity contribution in [1.82, 2.24) is 0 Å². The molecule has 0 aliphatic carbocycles. The van der Waals surface area contributed by atoms with Crippen molar-refractivity contribution in [2.45, 2.75) is 247 Å². The molecule has 112 heavy (non-hydrogen) atoms. The van der Waals surface area contributed by atoms with E-state index >= 15 is 0 Å². The first-order valence-electron chi connectivity index (χ1n) is 36.6. The van der Waals surface area contributed by atoms with Crippen LogP contribution in [0.5, 0.6) is 0 Å². The smallest absolute Gasteiger partial charge is 0.333 e. The summed E-state index contributed by atoms with van der Waals surface area (Å²) in [5.41, 5.74) is 1.83. The number of carbonyl (C=O) groups is 10. The molecule has 9 heterocycles. The van der Waals surface area contributed by atoms with Gasteiger partial charge >= 0.3 is 47.8 Å². The number of ether oxygens (including phenoxy) is 26. The third-order valence-electron chi connectivity index (χ3n) is 16.2. The van der Waals surface area contributed by atoms with E-state index in [-0.39, 0.29) is 180 Å². The van der Waals surface area contributed by atoms with Crippen LogP contribution in [0.25, 0.3) is 0 Å². The summed E-state index contributed by atoms with van der Waals surface area (Å²) in [4.78, 5) is 115. The minimum absolute atomic E-state index is 0.0110. The maximum absolute atomic E-state index is 12.5. The van der Waals surface area contributed by atoms with Crippen LogP contribution in [0.4, 0.5) is 0 Å². The second-order valence-electron chi connectivity index (χ2n) is 26.9. The highest BCUT2D eigenvalue weighted by Crippen LogP contribution is 2.30. The van der Waals surface area contributed by atoms with Crippen molar-refractivity contribution in [2.24, 2.45) is 5.92 Å². The molecule has 0 bridgehead atoms. The molecule has 9 saturated heterocycles. The zero-order valence-corrected chi connectivity index (χ0v) is 66.8. The number of esters is 8. The molecule has 0 saturated carbocycles. The van der Waals surface area contributed by atoms with Gasteiger partial charge in [0, 0.05) is 39.9 Å². The van der Waals surface area contributed by atoms with Crippen molar-refractivity contribution >= 4 is 59.3 Å². The molecule has 9 fully saturated rings. The summed E-state index contributed by atoms with van der Waals surface area (Å²) < 4.78 is 137. The van der Waals surface area contributed by atoms with Crippen LogP contribution >= 0.6 is 0 Å². The highest BCUT2D eigenvalue weighted by Gasteiger charge is 2.46. The van der Waals surface area contributed by atoms with Gasteiger partial charge in [-0.05, 0) is 104 Å². The molecule has 634 valence electrons. The maximum atomic E-state index is 12.5. The van der Waals surface area contributed by atoms with Crippen LogP contribution in [0.2, 0.25) is 0 Å². The third-order valence-corrected chi connectivity index (χ3v) is 16.2. The van der Waals surface area contributed by atoms with Gasteiger partial charge in [0.2, 0.25) is 0 Å². The van der Waals surface area contributed by atoms with Gasteiger partial charge in [0.15, 0.2) is 87.0 Å². The lowest BCUT2D eigenvalue weighted by Gasteiger charge is -2.26. The molecule has 18 atom stereocenters. The van der Waals surface area contributed by atoms with Crippen LogP contribution in [0.3, 0.4) is 0 Å². The van der Waals surface area contributed by atoms with E-state index in [1.165, 1.54) is 20.8 Å². The molecular formula is C76H114O36. The zero-order chi connectivity index (χ0) is 83.5. The first-order chi connectivity index (χ1) is 52.8. The summed E-state index contributed by atoms with van der Waals surface area (Å²) in [6.45, 7) is 49.1. The first-order valence-corrected chi connectivity index (χ1v) is 36.6. The minimum Gasteiger partial charge on any atom is -0.463 e. The van der Waals surface area contributed by atoms with Crippen LogP contribution in [0.1, 0.15) is 123 Å². The molecule has 9 rings (SSSR count). The van der Waals surface area contributed by atoms with Gasteiger partial charge in [0.25, 0.3) is 0 Å². The normalized spacial score (nSPS) is 29.4. The summed E-state index contributed by atoms with van der Waals surface area (Å²) >= 11 is 0. The molecule has 18 unspecified atom stereocenters. The Morgan fingerprint density at radius 1 is 0.304 bits per heavy atom. The van der Waals surface area contributed by atoms with Crippen LogP contribution in [-0.4, -0.2) is 282 Å². The summed E-state index contributed by atoms with van der Waals surface area (Å²) in [7, 11) is 0. The fraction of sp³-hybridized carbons (Fsp3) is 0.711. The van der Waals surface area contributed by atoms with Gasteiger partial charge in [-0.25, -0.2) is 28.8 Å². The molecule has 0 aromatic rings. The van der Waals surface area contributed by atoms with Gasteiger partial charge < -0.3 is 123 Å². The van der Waals surface area contributed by atoms with Crippen LogP contribution in [-0.2, 0) is 171 Å². The number of hydrogen-bond donors (Lipinski definition) is 0. The Kier molecular flexibility index (Phi) is 43.6. The molecule has 0 spiro atoms. The molecule has 36 nitrogen and oxygen atoms in total. The lowest BCUT2D eigenvalue weighted by atomic mass is 9.92. The van der Waals surface area contributed by atoms with Crippen molar-refractivity contribution in [3.8, 4) is 0 Å². The number of rotatable bonds is 31. The molecule has 0 radical (unpaired) electrons. The standard InChI is InChI=1S/C16H24O8.C15H22O7.C13H20O6.C12H18O6.C11H16O5.C9H14O4/c1-9(2)16(18)19-6-5-14(17)24-15(12-7-20-10(3)22-12)13-8-21-11(4)23-13;1-8(2)15(17)20-5-11(16)14(12-6-18-9(3)21-12)13-7-19-10(4)22-13;1-7(2)13(14)19-12(10-5-15-8(3)17-10)11-6-16-9(4)18-11;1-8(2)12(14)15-5-4-11(13)17-7-10-6-16-9(3)18-10;1-7(2)11(13)15-5-9(12)4-10-6-14-8(3)16-10;1-6(2)9(10)12-5-8-4-11-7(3)13-8/h10-13,15H,1,5-8H2,2-4H3;9-10,12-14H,1,5-7H2,2-4H3;8-12H,1,5-6H2,2-4H3;9-10H,1,4-7H2,2-3H3;8,10H,1,4-6H2,2-3H3;7-8H,1,4-5H2,2-3H3. The van der Waals surface area contributed by atoms with Crippen LogP contribution in [0.15, 0.2) is 72.9 Å². The fourth-order valence-electron chi connectivity index (χ4n) is 10.5. The second-order valence-corrected chi connectivity index (χ2v) is 26.9. The number of ketones is 2. The Hall–Kier alpha value is -7.18. The first kappa shape index (κ1) is 97.2. The van der Waals surface area contributed by atoms with Gasteiger partial charge in [-0.15, -0.1) is 0 Å². The summed E-state index contributed by atoms with van der Waals surface area (Å²) in [6, 6.07) is 0. The van der Waals surface area contributed by atoms with Crippen molar-refractivity contribution < 1.29 is 171 Å². The van der Waals surface area contributed by atoms with E-state index in [0.29, 0.717) is 76.2 Å². The second kappa shape index (κ2) is 50.2. The van der Waals surface area contributed by atoms with Crippen LogP contribution < -0.4 is 0 Å². The Morgan fingerprint density at radius 3 is 0.902 bits per heavy atom. The lowest BCUT2D eigenvalue weighted by molar-refractivity contribution is -0.172. The van der Waals surface area contributed by atoms with E-state index in [1.54, 1.807) is 83.1 Å². The molecule has 0 aromatic heterocycles. The van der Waals surface area contributed by atoms with Gasteiger partial charge in [0.1, 0.15) is 69.7 Å². The Labute approximate surface area is 653 Å². The molecule has 9 aliphatic rings. The Balaban J connectivity index is 0.000000286. The van der Waals surface area contributed by atoms with Crippen molar-refractivity contribution in [3.63, 3.8) is 0 Å². The van der Waals surface area contributed by atoms with Gasteiger partial charge in [-0.1, -0.05) is 39.5 Å². The van der Waals surface area contributed by atoms with Crippen molar-refractivity contribution in [3.05, 3.63) is 72.9 Å². The summed E-state index contributed by atoms with van der Waals surface area (Å²) in [5, 5.41) is 0. The van der Waals surface area contributed by atoms with E-state index in [4.69, 9.17) is 123 Å². The van der Waals surface area contributed by atoms with E-state index in [1.807, 2.05) is 0 Å². The van der Waals surface area contributed by atoms with Gasteiger partial charge in [0.05, 0.1) is 96.5 Å². The number of hydrogen-bond acceptors (Lipinski definition) is 36. The monoisotopic (exact) mass is 1600 g/mol. The summed E-state index contributed by atoms with van der Waals surface area (Å²) in [5.74, 6) is -5.06. The molecule has 0 N–H and O–H groups in total. The fourth-order valence-corrected chi connectivity index (χ4v) is 10.5.